The molecule has 1 atom stereocenters. The fraction of sp³-hybridized carbons (Fsp3) is 0.385. The third-order valence-corrected chi connectivity index (χ3v) is 3.02. The maximum absolute atomic E-state index is 11.7. The molecule has 3 N–H and O–H groups in total. The van der Waals surface area contributed by atoms with Gasteiger partial charge in [-0.3, -0.25) is 25.7 Å². The molecule has 1 unspecified atom stereocenters. The largest absolute Gasteiger partial charge is 0.497 e. The molecule has 0 aromatic carbocycles. The zero-order chi connectivity index (χ0) is 14.5. The van der Waals surface area contributed by atoms with E-state index in [-0.39, 0.29) is 17.5 Å². The van der Waals surface area contributed by atoms with Gasteiger partial charge < -0.3 is 4.74 Å². The van der Waals surface area contributed by atoms with Gasteiger partial charge >= 0.3 is 0 Å². The molecule has 2 amide bonds. The first-order chi connectivity index (χ1) is 9.60. The lowest BCUT2D eigenvalue weighted by atomic mass is 10.1. The molecular weight excluding hydrogens is 260 g/mol. The number of nitrogens with zero attached hydrogens (tertiary/aromatic N) is 1. The van der Waals surface area contributed by atoms with E-state index in [9.17, 15) is 9.59 Å². The summed E-state index contributed by atoms with van der Waals surface area (Å²) in [5.41, 5.74) is 3.33. The summed E-state index contributed by atoms with van der Waals surface area (Å²) >= 11 is 0. The average Bonchev–Trinajstić information content (AvgIpc) is 2.58. The molecule has 1 aliphatic carbocycles. The van der Waals surface area contributed by atoms with Crippen LogP contribution in [-0.2, 0) is 14.3 Å². The molecule has 106 valence electrons. The third-order valence-electron chi connectivity index (χ3n) is 3.02. The van der Waals surface area contributed by atoms with Crippen molar-refractivity contribution in [3.8, 4) is 0 Å². The number of imide groups is 1. The van der Waals surface area contributed by atoms with Crippen molar-refractivity contribution in [1.29, 1.82) is 5.41 Å². The van der Waals surface area contributed by atoms with E-state index in [2.05, 4.69) is 15.8 Å². The van der Waals surface area contributed by atoms with E-state index >= 15 is 0 Å². The summed E-state index contributed by atoms with van der Waals surface area (Å²) in [6, 6.07) is -0.553. The molecule has 1 aliphatic heterocycles. The summed E-state index contributed by atoms with van der Waals surface area (Å²) in [7, 11) is 1.52. The van der Waals surface area contributed by atoms with Crippen molar-refractivity contribution in [3.63, 3.8) is 0 Å². The predicted molar refractivity (Wildman–Crippen MR) is 73.3 cm³/mol. The van der Waals surface area contributed by atoms with Crippen LogP contribution in [0.3, 0.4) is 0 Å². The topological polar surface area (TPSA) is 104 Å². The maximum atomic E-state index is 11.7. The highest BCUT2D eigenvalue weighted by Crippen LogP contribution is 2.08. The van der Waals surface area contributed by atoms with Crippen molar-refractivity contribution in [3.05, 3.63) is 24.0 Å². The Kier molecular flexibility index (Phi) is 4.29. The molecule has 0 aromatic heterocycles. The molecule has 2 aliphatic rings. The van der Waals surface area contributed by atoms with Gasteiger partial charge in [0, 0.05) is 12.5 Å². The molecule has 0 spiro atoms. The van der Waals surface area contributed by atoms with Gasteiger partial charge in [0.2, 0.25) is 5.91 Å². The van der Waals surface area contributed by atoms with E-state index in [0.717, 1.165) is 0 Å². The Morgan fingerprint density at radius 2 is 2.25 bits per heavy atom. The van der Waals surface area contributed by atoms with Crippen LogP contribution in [0.1, 0.15) is 19.3 Å². The van der Waals surface area contributed by atoms with Gasteiger partial charge in [-0.25, -0.2) is 0 Å². The highest BCUT2D eigenvalue weighted by atomic mass is 16.5. The fourth-order valence-corrected chi connectivity index (χ4v) is 1.90. The number of hydrazone groups is 1. The summed E-state index contributed by atoms with van der Waals surface area (Å²) in [5, 5.41) is 14.1. The van der Waals surface area contributed by atoms with E-state index in [1.165, 1.54) is 13.2 Å². The number of nitrogens with one attached hydrogen (secondary N) is 3. The molecule has 20 heavy (non-hydrogen) atoms. The second kappa shape index (κ2) is 6.14. The van der Waals surface area contributed by atoms with Gasteiger partial charge in [-0.1, -0.05) is 0 Å². The zero-order valence-corrected chi connectivity index (χ0v) is 11.1. The number of methoxy groups -OCH3 is 1. The fourth-order valence-electron chi connectivity index (χ4n) is 1.90. The van der Waals surface area contributed by atoms with Crippen LogP contribution in [0.5, 0.6) is 0 Å². The van der Waals surface area contributed by atoms with E-state index in [4.69, 9.17) is 10.1 Å². The Balaban J connectivity index is 2.01. The number of carbonyl (C=O) groups is 2. The molecule has 0 saturated carbocycles. The van der Waals surface area contributed by atoms with Gasteiger partial charge in [0.1, 0.15) is 17.5 Å². The summed E-state index contributed by atoms with van der Waals surface area (Å²) in [6.07, 6.45) is 6.36. The lowest BCUT2D eigenvalue weighted by molar-refractivity contribution is -0.130. The van der Waals surface area contributed by atoms with E-state index < -0.39 is 6.04 Å². The Bertz CT molecular complexity index is 534. The number of rotatable bonds is 3. The van der Waals surface area contributed by atoms with Crippen molar-refractivity contribution >= 4 is 23.2 Å². The number of amides is 2. The first-order valence-corrected chi connectivity index (χ1v) is 6.30. The van der Waals surface area contributed by atoms with Crippen LogP contribution in [-0.4, -0.2) is 36.4 Å². The quantitative estimate of drug-likeness (QED) is 0.390. The van der Waals surface area contributed by atoms with Crippen LogP contribution in [0.15, 0.2) is 29.1 Å². The van der Waals surface area contributed by atoms with Gasteiger partial charge in [0.15, 0.2) is 0 Å². The van der Waals surface area contributed by atoms with Gasteiger partial charge in [0.25, 0.3) is 5.91 Å². The second-order valence-electron chi connectivity index (χ2n) is 4.48. The Morgan fingerprint density at radius 3 is 2.95 bits per heavy atom. The lowest BCUT2D eigenvalue weighted by Gasteiger charge is -2.14. The Hall–Kier alpha value is -2.44. The van der Waals surface area contributed by atoms with Crippen LogP contribution in [0.25, 0.3) is 0 Å². The van der Waals surface area contributed by atoms with Crippen molar-refractivity contribution in [2.45, 2.75) is 25.3 Å². The number of carbonyl (C=O) groups excluding carboxylic acids is 2. The summed E-state index contributed by atoms with van der Waals surface area (Å²) in [6.45, 7) is 0. The minimum absolute atomic E-state index is 0.196. The van der Waals surface area contributed by atoms with Gasteiger partial charge in [0.05, 0.1) is 12.8 Å². The monoisotopic (exact) mass is 276 g/mol. The molecular formula is C13H16N4O3. The minimum atomic E-state index is -0.553. The number of hydrogen-bond donors (Lipinski definition) is 3. The summed E-state index contributed by atoms with van der Waals surface area (Å²) in [4.78, 5) is 22.9. The van der Waals surface area contributed by atoms with E-state index in [0.29, 0.717) is 30.7 Å². The highest BCUT2D eigenvalue weighted by molar-refractivity contribution is 6.50. The molecule has 1 heterocycles. The van der Waals surface area contributed by atoms with Crippen LogP contribution in [0.4, 0.5) is 0 Å². The molecule has 0 radical (unpaired) electrons. The molecule has 1 fully saturated rings. The van der Waals surface area contributed by atoms with Gasteiger partial charge in [-0.15, -0.1) is 0 Å². The van der Waals surface area contributed by atoms with Crippen molar-refractivity contribution in [2.75, 3.05) is 7.11 Å². The number of hydrogen-bond acceptors (Lipinski definition) is 6. The van der Waals surface area contributed by atoms with Gasteiger partial charge in [-0.2, -0.15) is 5.10 Å². The average molecular weight is 276 g/mol. The van der Waals surface area contributed by atoms with Crippen LogP contribution in [0, 0.1) is 5.41 Å². The molecule has 2 rings (SSSR count). The smallest absolute Gasteiger partial charge is 0.250 e. The first-order valence-electron chi connectivity index (χ1n) is 6.30. The van der Waals surface area contributed by atoms with E-state index in [1.54, 1.807) is 12.2 Å². The normalized spacial score (nSPS) is 25.1. The van der Waals surface area contributed by atoms with Crippen molar-refractivity contribution in [2.24, 2.45) is 5.10 Å². The highest BCUT2D eigenvalue weighted by Gasteiger charge is 2.24. The Labute approximate surface area is 116 Å². The second-order valence-corrected chi connectivity index (χ2v) is 4.48. The van der Waals surface area contributed by atoms with Gasteiger partial charge in [-0.05, 0) is 25.0 Å². The lowest BCUT2D eigenvalue weighted by Crippen LogP contribution is -2.42. The maximum Gasteiger partial charge on any atom is 0.250 e. The standard InChI is InChI=1S/C13H16N4O3/c1-20-8-5-6-10(9(14)7-8)16-17-11-3-2-4-12(18)15-13(11)19/h5-7,11,14,17H,2-4H2,1H3,(H,15,18,19)/b14-9?,16-10-. The summed E-state index contributed by atoms with van der Waals surface area (Å²) in [5.74, 6) is -0.0621. The zero-order valence-electron chi connectivity index (χ0n) is 11.1. The third kappa shape index (κ3) is 3.31. The molecule has 7 nitrogen and oxygen atoms in total. The van der Waals surface area contributed by atoms with Crippen LogP contribution in [0.2, 0.25) is 0 Å². The van der Waals surface area contributed by atoms with Crippen LogP contribution >= 0.6 is 0 Å². The molecule has 0 aromatic rings. The summed E-state index contributed by atoms with van der Waals surface area (Å²) < 4.78 is 5.01. The predicted octanol–water partition coefficient (Wildman–Crippen LogP) is 0.247. The SMILES string of the molecule is COC1=CC(=N)/C(=N\NC2CCCC(=O)NC2=O)C=C1. The molecule has 0 bridgehead atoms. The van der Waals surface area contributed by atoms with E-state index in [1.807, 2.05) is 0 Å². The van der Waals surface area contributed by atoms with Crippen molar-refractivity contribution in [1.82, 2.24) is 10.7 Å². The number of allylic oxidation sites excluding steroid dienone is 3. The Morgan fingerprint density at radius 1 is 1.45 bits per heavy atom. The van der Waals surface area contributed by atoms with Crippen molar-refractivity contribution < 1.29 is 14.3 Å². The minimum Gasteiger partial charge on any atom is -0.497 e. The first kappa shape index (κ1) is 14.0. The number of ether oxygens (including phenoxy) is 1. The van der Waals surface area contributed by atoms with Crippen LogP contribution < -0.4 is 10.7 Å². The molecule has 1 saturated heterocycles. The molecule has 7 heteroatoms.